The molecule has 0 fully saturated rings. The number of rotatable bonds is 7. The van der Waals surface area contributed by atoms with Gasteiger partial charge < -0.3 is 15.0 Å². The van der Waals surface area contributed by atoms with Gasteiger partial charge in [-0.2, -0.15) is 0 Å². The lowest BCUT2D eigenvalue weighted by molar-refractivity contribution is -0.119. The lowest BCUT2D eigenvalue weighted by atomic mass is 10.1. The third-order valence-corrected chi connectivity index (χ3v) is 2.12. The van der Waals surface area contributed by atoms with Gasteiger partial charge in [0.25, 0.3) is 0 Å². The summed E-state index contributed by atoms with van der Waals surface area (Å²) < 4.78 is 0. The summed E-state index contributed by atoms with van der Waals surface area (Å²) in [5.74, 6) is 0.00421. The lowest BCUT2D eigenvalue weighted by Crippen LogP contribution is -2.29. The highest BCUT2D eigenvalue weighted by Crippen LogP contribution is 2.02. The van der Waals surface area contributed by atoms with Gasteiger partial charge in [0.1, 0.15) is 6.29 Å². The Morgan fingerprint density at radius 1 is 1.43 bits per heavy atom. The Labute approximate surface area is 85.7 Å². The highest BCUT2D eigenvalue weighted by Gasteiger charge is 2.08. The zero-order valence-corrected chi connectivity index (χ0v) is 9.25. The van der Waals surface area contributed by atoms with Crippen molar-refractivity contribution in [3.8, 4) is 0 Å². The maximum atomic E-state index is 10.6. The zero-order chi connectivity index (χ0) is 11.0. The summed E-state index contributed by atoms with van der Waals surface area (Å²) in [6, 6.07) is 0.00679. The van der Waals surface area contributed by atoms with Crippen LogP contribution in [0.5, 0.6) is 0 Å². The van der Waals surface area contributed by atoms with Crippen molar-refractivity contribution in [2.45, 2.75) is 32.2 Å². The summed E-state index contributed by atoms with van der Waals surface area (Å²) in [4.78, 5) is 23.0. The van der Waals surface area contributed by atoms with E-state index in [1.54, 1.807) is 0 Å². The standard InChI is InChI=1S/C10H20N2O2/c1-9(14)11-7-5-4-6-10(8-13)12(2)3/h8,10H,4-7H2,1-3H3,(H,11,14)/i1+1,2+1,3+1. The molecule has 0 radical (unpaired) electrons. The Bertz CT molecular complexity index is 181. The average molecular weight is 203 g/mol. The van der Waals surface area contributed by atoms with Gasteiger partial charge >= 0.3 is 0 Å². The van der Waals surface area contributed by atoms with E-state index in [1.807, 2.05) is 19.0 Å². The maximum absolute atomic E-state index is 10.6. The molecule has 4 nitrogen and oxygen atoms in total. The SMILES string of the molecule is [13CH3]C(=O)NCCCCC(C=O)N([13CH3])[13CH3]. The quantitative estimate of drug-likeness (QED) is 0.370. The number of aldehydes is 1. The van der Waals surface area contributed by atoms with Crippen molar-refractivity contribution in [2.75, 3.05) is 20.6 Å². The molecular weight excluding hydrogens is 183 g/mol. The maximum Gasteiger partial charge on any atom is 0.216 e. The monoisotopic (exact) mass is 203 g/mol. The van der Waals surface area contributed by atoms with E-state index < -0.39 is 0 Å². The second-order valence-corrected chi connectivity index (χ2v) is 3.65. The van der Waals surface area contributed by atoms with E-state index in [2.05, 4.69) is 5.32 Å². The molecular formula is C10H20N2O2. The number of carbonyl (C=O) groups is 2. The van der Waals surface area contributed by atoms with Crippen LogP contribution in [0.4, 0.5) is 0 Å². The molecule has 0 heterocycles. The Morgan fingerprint density at radius 2 is 2.07 bits per heavy atom. The molecule has 0 aliphatic heterocycles. The van der Waals surface area contributed by atoms with Crippen LogP contribution in [0, 0.1) is 0 Å². The molecule has 1 N–H and O–H groups in total. The van der Waals surface area contributed by atoms with E-state index in [-0.39, 0.29) is 11.9 Å². The Balaban J connectivity index is 3.42. The molecule has 0 aromatic carbocycles. The van der Waals surface area contributed by atoms with E-state index >= 15 is 0 Å². The van der Waals surface area contributed by atoms with Crippen molar-refractivity contribution < 1.29 is 9.59 Å². The highest BCUT2D eigenvalue weighted by molar-refractivity contribution is 5.72. The molecule has 0 spiro atoms. The van der Waals surface area contributed by atoms with Crippen LogP contribution < -0.4 is 5.32 Å². The van der Waals surface area contributed by atoms with Crippen LogP contribution in [0.3, 0.4) is 0 Å². The number of likely N-dealkylation sites (N-methyl/N-ethyl adjacent to an activating group) is 1. The summed E-state index contributed by atoms with van der Waals surface area (Å²) in [5.41, 5.74) is 0. The Kier molecular flexibility index (Phi) is 7.02. The van der Waals surface area contributed by atoms with Crippen molar-refractivity contribution in [1.29, 1.82) is 0 Å². The van der Waals surface area contributed by atoms with Crippen molar-refractivity contribution in [2.24, 2.45) is 0 Å². The van der Waals surface area contributed by atoms with Gasteiger partial charge in [-0.05, 0) is 33.4 Å². The molecule has 14 heavy (non-hydrogen) atoms. The average Bonchev–Trinajstić information content (AvgIpc) is 2.10. The molecule has 1 amide bonds. The molecule has 82 valence electrons. The summed E-state index contributed by atoms with van der Waals surface area (Å²) in [5, 5.41) is 2.73. The first-order valence-corrected chi connectivity index (χ1v) is 4.94. The minimum absolute atomic E-state index is 0.00421. The Hall–Kier alpha value is -0.900. The summed E-state index contributed by atoms with van der Waals surface area (Å²) in [7, 11) is 3.79. The molecule has 1 atom stereocenters. The van der Waals surface area contributed by atoms with Crippen molar-refractivity contribution in [3.63, 3.8) is 0 Å². The van der Waals surface area contributed by atoms with Gasteiger partial charge in [-0.1, -0.05) is 0 Å². The summed E-state index contributed by atoms with van der Waals surface area (Å²) >= 11 is 0. The molecule has 0 bridgehead atoms. The largest absolute Gasteiger partial charge is 0.356 e. The van der Waals surface area contributed by atoms with Gasteiger partial charge in [0.2, 0.25) is 5.91 Å². The lowest BCUT2D eigenvalue weighted by Gasteiger charge is -2.17. The molecule has 4 heteroatoms. The predicted molar refractivity (Wildman–Crippen MR) is 56.1 cm³/mol. The van der Waals surface area contributed by atoms with Crippen LogP contribution in [0.2, 0.25) is 0 Å². The first kappa shape index (κ1) is 13.1. The zero-order valence-electron chi connectivity index (χ0n) is 9.25. The predicted octanol–water partition coefficient (Wildman–Crippen LogP) is 0.422. The van der Waals surface area contributed by atoms with Gasteiger partial charge in [-0.3, -0.25) is 4.79 Å². The topological polar surface area (TPSA) is 49.4 Å². The van der Waals surface area contributed by atoms with Gasteiger partial charge in [0, 0.05) is 13.5 Å². The Morgan fingerprint density at radius 3 is 2.50 bits per heavy atom. The number of amides is 1. The van der Waals surface area contributed by atoms with Crippen LogP contribution >= 0.6 is 0 Å². The first-order chi connectivity index (χ1) is 6.57. The second kappa shape index (κ2) is 7.50. The number of hydrogen-bond donors (Lipinski definition) is 1. The molecule has 0 saturated heterocycles. The van der Waals surface area contributed by atoms with Crippen LogP contribution in [0.15, 0.2) is 0 Å². The van der Waals surface area contributed by atoms with E-state index in [1.165, 1.54) is 6.92 Å². The molecule has 1 unspecified atom stereocenters. The third-order valence-electron chi connectivity index (χ3n) is 2.12. The fourth-order valence-electron chi connectivity index (χ4n) is 1.19. The fourth-order valence-corrected chi connectivity index (χ4v) is 1.19. The van der Waals surface area contributed by atoms with E-state index in [9.17, 15) is 9.59 Å². The number of nitrogens with zero attached hydrogens (tertiary/aromatic N) is 1. The second-order valence-electron chi connectivity index (χ2n) is 3.65. The van der Waals surface area contributed by atoms with Crippen LogP contribution in [-0.2, 0) is 9.59 Å². The van der Waals surface area contributed by atoms with Gasteiger partial charge in [-0.15, -0.1) is 0 Å². The molecule has 0 aromatic heterocycles. The number of hydrogen-bond acceptors (Lipinski definition) is 3. The van der Waals surface area contributed by atoms with Crippen molar-refractivity contribution >= 4 is 12.2 Å². The molecule has 0 saturated carbocycles. The molecule has 0 aliphatic rings. The fraction of sp³-hybridized carbons (Fsp3) is 0.800. The van der Waals surface area contributed by atoms with Gasteiger partial charge in [0.05, 0.1) is 6.04 Å². The molecule has 0 rings (SSSR count). The summed E-state index contributed by atoms with van der Waals surface area (Å²) in [6.07, 6.45) is 3.72. The number of unbranched alkanes of at least 4 members (excludes halogenated alkanes) is 1. The number of carbonyl (C=O) groups excluding carboxylic acids is 2. The third kappa shape index (κ3) is 6.60. The van der Waals surface area contributed by atoms with Gasteiger partial charge in [-0.25, -0.2) is 0 Å². The van der Waals surface area contributed by atoms with Crippen LogP contribution in [-0.4, -0.2) is 43.8 Å². The normalized spacial score (nSPS) is 12.6. The van der Waals surface area contributed by atoms with E-state index in [0.29, 0.717) is 6.54 Å². The van der Waals surface area contributed by atoms with Crippen LogP contribution in [0.1, 0.15) is 26.2 Å². The first-order valence-electron chi connectivity index (χ1n) is 4.94. The van der Waals surface area contributed by atoms with Crippen LogP contribution in [0.25, 0.3) is 0 Å². The minimum Gasteiger partial charge on any atom is -0.356 e. The highest BCUT2D eigenvalue weighted by atomic mass is 16.2. The molecule has 0 aromatic rings. The van der Waals surface area contributed by atoms with Gasteiger partial charge in [0.15, 0.2) is 0 Å². The van der Waals surface area contributed by atoms with E-state index in [0.717, 1.165) is 25.5 Å². The number of nitrogens with one attached hydrogen (secondary N) is 1. The van der Waals surface area contributed by atoms with Crippen molar-refractivity contribution in [3.05, 3.63) is 0 Å². The van der Waals surface area contributed by atoms with Crippen molar-refractivity contribution in [1.82, 2.24) is 10.2 Å². The minimum atomic E-state index is 0.00421. The smallest absolute Gasteiger partial charge is 0.216 e. The van der Waals surface area contributed by atoms with E-state index in [4.69, 9.17) is 0 Å². The molecule has 0 aliphatic carbocycles. The summed E-state index contributed by atoms with van der Waals surface area (Å²) in [6.45, 7) is 2.21.